The first-order chi connectivity index (χ1) is 13.7. The van der Waals surface area contributed by atoms with E-state index in [0.717, 1.165) is 28.0 Å². The maximum Gasteiger partial charge on any atom is 0.124 e. The number of rotatable bonds is 7. The Kier molecular flexibility index (Phi) is 5.87. The zero-order valence-corrected chi connectivity index (χ0v) is 16.6. The van der Waals surface area contributed by atoms with Crippen molar-refractivity contribution in [1.82, 2.24) is 5.32 Å². The van der Waals surface area contributed by atoms with Crippen molar-refractivity contribution in [3.8, 4) is 5.75 Å². The summed E-state index contributed by atoms with van der Waals surface area (Å²) in [6, 6.07) is 21.6. The number of benzene rings is 3. The van der Waals surface area contributed by atoms with E-state index < -0.39 is 0 Å². The first kappa shape index (κ1) is 18.9. The molecule has 0 saturated heterocycles. The van der Waals surface area contributed by atoms with Crippen LogP contribution in [0.5, 0.6) is 5.75 Å². The Hall–Kier alpha value is -2.46. The molecule has 5 heteroatoms. The quantitative estimate of drug-likeness (QED) is 0.371. The van der Waals surface area contributed by atoms with E-state index in [4.69, 9.17) is 32.4 Å². The fraction of sp³-hybridized carbons (Fsp3) is 0.130. The van der Waals surface area contributed by atoms with Gasteiger partial charge in [0.1, 0.15) is 18.1 Å². The number of nitrogens with one attached hydrogen (secondary N) is 1. The first-order valence-electron chi connectivity index (χ1n) is 9.02. The topological polar surface area (TPSA) is 34.4 Å². The SMILES string of the molecule is Clc1cccc(Cl)c1COc1ccc2ccccc2c1CNCc1ccco1. The molecule has 0 atom stereocenters. The van der Waals surface area contributed by atoms with Gasteiger partial charge in [-0.15, -0.1) is 0 Å². The molecule has 0 fully saturated rings. The molecular weight excluding hydrogens is 393 g/mol. The Morgan fingerprint density at radius 3 is 2.39 bits per heavy atom. The van der Waals surface area contributed by atoms with Gasteiger partial charge in [0.05, 0.1) is 12.8 Å². The van der Waals surface area contributed by atoms with E-state index in [0.29, 0.717) is 29.7 Å². The number of ether oxygens (including phenoxy) is 1. The predicted octanol–water partition coefficient (Wildman–Crippen LogP) is 6.61. The Morgan fingerprint density at radius 1 is 0.786 bits per heavy atom. The van der Waals surface area contributed by atoms with E-state index in [1.165, 1.54) is 5.39 Å². The third kappa shape index (κ3) is 4.17. The highest BCUT2D eigenvalue weighted by molar-refractivity contribution is 6.35. The molecule has 142 valence electrons. The van der Waals surface area contributed by atoms with Crippen molar-refractivity contribution >= 4 is 34.0 Å². The van der Waals surface area contributed by atoms with Crippen LogP contribution in [0.1, 0.15) is 16.9 Å². The number of hydrogen-bond donors (Lipinski definition) is 1. The van der Waals surface area contributed by atoms with E-state index in [-0.39, 0.29) is 0 Å². The third-order valence-corrected chi connectivity index (χ3v) is 5.32. The highest BCUT2D eigenvalue weighted by Crippen LogP contribution is 2.31. The van der Waals surface area contributed by atoms with E-state index in [2.05, 4.69) is 23.5 Å². The van der Waals surface area contributed by atoms with Crippen LogP contribution in [0.3, 0.4) is 0 Å². The summed E-state index contributed by atoms with van der Waals surface area (Å²) in [6.45, 7) is 1.60. The summed E-state index contributed by atoms with van der Waals surface area (Å²) in [7, 11) is 0. The van der Waals surface area contributed by atoms with Crippen LogP contribution in [-0.4, -0.2) is 0 Å². The van der Waals surface area contributed by atoms with Crippen LogP contribution in [-0.2, 0) is 19.7 Å². The summed E-state index contributed by atoms with van der Waals surface area (Å²) in [5.41, 5.74) is 1.88. The van der Waals surface area contributed by atoms with Crippen molar-refractivity contribution in [2.75, 3.05) is 0 Å². The molecule has 0 bridgehead atoms. The number of halogens is 2. The molecule has 3 nitrogen and oxygen atoms in total. The molecule has 3 aromatic carbocycles. The van der Waals surface area contributed by atoms with Crippen molar-refractivity contribution in [2.45, 2.75) is 19.7 Å². The number of furan rings is 1. The van der Waals surface area contributed by atoms with Gasteiger partial charge in [-0.05, 0) is 41.1 Å². The van der Waals surface area contributed by atoms with Gasteiger partial charge in [0, 0.05) is 27.7 Å². The molecule has 4 aromatic rings. The first-order valence-corrected chi connectivity index (χ1v) is 9.77. The molecule has 1 N–H and O–H groups in total. The molecule has 0 aliphatic heterocycles. The Balaban J connectivity index is 1.59. The molecule has 28 heavy (non-hydrogen) atoms. The van der Waals surface area contributed by atoms with E-state index in [9.17, 15) is 0 Å². The molecule has 0 aliphatic carbocycles. The summed E-state index contributed by atoms with van der Waals surface area (Å²) in [6.07, 6.45) is 1.68. The molecule has 0 radical (unpaired) electrons. The van der Waals surface area contributed by atoms with E-state index in [1.807, 2.05) is 48.5 Å². The molecule has 0 aliphatic rings. The van der Waals surface area contributed by atoms with Crippen LogP contribution in [0.25, 0.3) is 10.8 Å². The second-order valence-corrected chi connectivity index (χ2v) is 7.25. The van der Waals surface area contributed by atoms with Gasteiger partial charge in [0.15, 0.2) is 0 Å². The lowest BCUT2D eigenvalue weighted by Crippen LogP contribution is -2.13. The lowest BCUT2D eigenvalue weighted by atomic mass is 10.0. The highest BCUT2D eigenvalue weighted by atomic mass is 35.5. The molecule has 4 rings (SSSR count). The average Bonchev–Trinajstić information content (AvgIpc) is 3.22. The van der Waals surface area contributed by atoms with Gasteiger partial charge in [-0.1, -0.05) is 59.6 Å². The van der Waals surface area contributed by atoms with Crippen molar-refractivity contribution in [2.24, 2.45) is 0 Å². The minimum absolute atomic E-state index is 0.308. The van der Waals surface area contributed by atoms with Gasteiger partial charge in [-0.2, -0.15) is 0 Å². The molecule has 0 spiro atoms. The average molecular weight is 412 g/mol. The maximum atomic E-state index is 6.28. The molecule has 1 aromatic heterocycles. The molecule has 0 saturated carbocycles. The van der Waals surface area contributed by atoms with Crippen LogP contribution < -0.4 is 10.1 Å². The van der Waals surface area contributed by atoms with Crippen molar-refractivity contribution in [3.63, 3.8) is 0 Å². The Morgan fingerprint density at radius 2 is 1.61 bits per heavy atom. The van der Waals surface area contributed by atoms with Crippen molar-refractivity contribution < 1.29 is 9.15 Å². The Labute approximate surface area is 173 Å². The summed E-state index contributed by atoms with van der Waals surface area (Å²) < 4.78 is 11.5. The second-order valence-electron chi connectivity index (χ2n) is 6.44. The summed E-state index contributed by atoms with van der Waals surface area (Å²) in [5.74, 6) is 1.70. The van der Waals surface area contributed by atoms with Crippen LogP contribution in [0.4, 0.5) is 0 Å². The zero-order chi connectivity index (χ0) is 19.3. The highest BCUT2D eigenvalue weighted by Gasteiger charge is 2.12. The van der Waals surface area contributed by atoms with Gasteiger partial charge in [0.2, 0.25) is 0 Å². The van der Waals surface area contributed by atoms with Gasteiger partial charge in [0.25, 0.3) is 0 Å². The third-order valence-electron chi connectivity index (χ3n) is 4.61. The molecule has 0 amide bonds. The van der Waals surface area contributed by atoms with E-state index in [1.54, 1.807) is 6.26 Å². The Bertz CT molecular complexity index is 1060. The maximum absolute atomic E-state index is 6.28. The van der Waals surface area contributed by atoms with Gasteiger partial charge < -0.3 is 14.5 Å². The van der Waals surface area contributed by atoms with Crippen molar-refractivity contribution in [1.29, 1.82) is 0 Å². The summed E-state index contributed by atoms with van der Waals surface area (Å²) >= 11 is 12.6. The smallest absolute Gasteiger partial charge is 0.124 e. The van der Waals surface area contributed by atoms with Gasteiger partial charge in [-0.25, -0.2) is 0 Å². The predicted molar refractivity (Wildman–Crippen MR) is 114 cm³/mol. The number of hydrogen-bond acceptors (Lipinski definition) is 3. The standard InChI is InChI=1S/C23H19Cl2NO2/c24-21-8-3-9-22(25)20(21)15-28-23-11-10-16-5-1-2-7-18(16)19(23)14-26-13-17-6-4-12-27-17/h1-12,26H,13-15H2. The van der Waals surface area contributed by atoms with Crippen LogP contribution in [0.2, 0.25) is 10.0 Å². The fourth-order valence-electron chi connectivity index (χ4n) is 3.18. The molecular formula is C23H19Cl2NO2. The van der Waals surface area contributed by atoms with Crippen LogP contribution in [0, 0.1) is 0 Å². The normalized spacial score (nSPS) is 11.1. The minimum atomic E-state index is 0.308. The lowest BCUT2D eigenvalue weighted by Gasteiger charge is -2.16. The largest absolute Gasteiger partial charge is 0.488 e. The van der Waals surface area contributed by atoms with Gasteiger partial charge in [-0.3, -0.25) is 0 Å². The minimum Gasteiger partial charge on any atom is -0.488 e. The summed E-state index contributed by atoms with van der Waals surface area (Å²) in [4.78, 5) is 0. The van der Waals surface area contributed by atoms with Crippen LogP contribution >= 0.6 is 23.2 Å². The second kappa shape index (κ2) is 8.70. The fourth-order valence-corrected chi connectivity index (χ4v) is 3.68. The zero-order valence-electron chi connectivity index (χ0n) is 15.1. The molecule has 1 heterocycles. The lowest BCUT2D eigenvalue weighted by molar-refractivity contribution is 0.302. The van der Waals surface area contributed by atoms with E-state index >= 15 is 0 Å². The number of fused-ring (bicyclic) bond motifs is 1. The van der Waals surface area contributed by atoms with Gasteiger partial charge >= 0.3 is 0 Å². The van der Waals surface area contributed by atoms with Crippen molar-refractivity contribution in [3.05, 3.63) is 99.9 Å². The molecule has 0 unspecified atom stereocenters. The monoisotopic (exact) mass is 411 g/mol. The van der Waals surface area contributed by atoms with Crippen LogP contribution in [0.15, 0.2) is 77.4 Å². The summed E-state index contributed by atoms with van der Waals surface area (Å²) in [5, 5.41) is 6.95.